The van der Waals surface area contributed by atoms with Gasteiger partial charge in [-0.25, -0.2) is 9.37 Å². The summed E-state index contributed by atoms with van der Waals surface area (Å²) in [6.07, 6.45) is 5.23. The number of aliphatic hydroxyl groups excluding tert-OH is 1. The monoisotopic (exact) mass is 400 g/mol. The predicted molar refractivity (Wildman–Crippen MR) is 111 cm³/mol. The molecule has 3 aromatic rings. The van der Waals surface area contributed by atoms with Gasteiger partial charge in [0.15, 0.2) is 0 Å². The van der Waals surface area contributed by atoms with Crippen LogP contribution in [0.1, 0.15) is 30.6 Å². The van der Waals surface area contributed by atoms with Crippen LogP contribution in [0.15, 0.2) is 59.5 Å². The molecular weight excluding hydrogens is 379 g/mol. The number of rotatable bonds is 7. The van der Waals surface area contributed by atoms with Gasteiger partial charge in [0, 0.05) is 35.6 Å². The number of aryl methyl sites for hydroxylation is 1. The molecule has 1 atom stereocenters. The summed E-state index contributed by atoms with van der Waals surface area (Å²) >= 11 is 6.04. The summed E-state index contributed by atoms with van der Waals surface area (Å²) in [4.78, 5) is 11.7. The van der Waals surface area contributed by atoms with Crippen LogP contribution in [-0.4, -0.2) is 27.3 Å². The smallest absolute Gasteiger partial charge is 0.137 e. The summed E-state index contributed by atoms with van der Waals surface area (Å²) in [5.74, 6) is -0.263. The van der Waals surface area contributed by atoms with E-state index in [0.717, 1.165) is 10.9 Å². The van der Waals surface area contributed by atoms with Crippen LogP contribution >= 0.6 is 11.6 Å². The third-order valence-electron chi connectivity index (χ3n) is 4.39. The Bertz CT molecular complexity index is 1010. The predicted octanol–water partition coefficient (Wildman–Crippen LogP) is 4.33. The first kappa shape index (κ1) is 20.0. The molecule has 0 amide bonds. The van der Waals surface area contributed by atoms with Crippen molar-refractivity contribution in [1.29, 1.82) is 0 Å². The maximum Gasteiger partial charge on any atom is 0.137 e. The van der Waals surface area contributed by atoms with Gasteiger partial charge in [0.05, 0.1) is 10.7 Å². The number of pyridine rings is 1. The molecule has 0 radical (unpaired) electrons. The van der Waals surface area contributed by atoms with E-state index in [1.807, 2.05) is 6.92 Å². The number of benzene rings is 1. The lowest BCUT2D eigenvalue weighted by molar-refractivity contribution is 0.249. The van der Waals surface area contributed by atoms with E-state index in [0.29, 0.717) is 47.0 Å². The van der Waals surface area contributed by atoms with Crippen molar-refractivity contribution in [2.75, 3.05) is 6.54 Å². The standard InChI is InChI=1S/C21H22ClFN4O/c1-2-25-19(10-16(24)8-5-13-3-6-15(23)7-4-13)20(28)18-12-27-21-17(18)9-14(22)11-26-21/h3-4,6-7,9-12,20,28H,2,5,8,24H2,1H3,(H,26,27)/b16-10-,25-19?. The molecule has 4 N–H and O–H groups in total. The topological polar surface area (TPSA) is 87.3 Å². The normalized spacial score (nSPS) is 13.9. The van der Waals surface area contributed by atoms with Gasteiger partial charge in [0.1, 0.15) is 17.6 Å². The average Bonchev–Trinajstić information content (AvgIpc) is 3.09. The van der Waals surface area contributed by atoms with Gasteiger partial charge >= 0.3 is 0 Å². The number of aliphatic hydroxyl groups is 1. The third kappa shape index (κ3) is 4.77. The summed E-state index contributed by atoms with van der Waals surface area (Å²) in [6, 6.07) is 8.09. The molecule has 3 rings (SSSR count). The van der Waals surface area contributed by atoms with Crippen LogP contribution in [0.3, 0.4) is 0 Å². The zero-order chi connectivity index (χ0) is 20.1. The Morgan fingerprint density at radius 2 is 2.14 bits per heavy atom. The largest absolute Gasteiger partial charge is 0.402 e. The van der Waals surface area contributed by atoms with Gasteiger partial charge in [0.25, 0.3) is 0 Å². The molecule has 2 heterocycles. The molecule has 0 fully saturated rings. The molecule has 1 unspecified atom stereocenters. The number of hydrogen-bond donors (Lipinski definition) is 3. The molecule has 28 heavy (non-hydrogen) atoms. The van der Waals surface area contributed by atoms with Crippen molar-refractivity contribution in [3.05, 3.63) is 76.5 Å². The Labute approximate surface area is 167 Å². The highest BCUT2D eigenvalue weighted by Gasteiger charge is 2.18. The molecule has 1 aromatic carbocycles. The SMILES string of the molecule is CCN=C(/C=C(\N)CCc1ccc(F)cc1)C(O)c1c[nH]c2ncc(Cl)cc12. The summed E-state index contributed by atoms with van der Waals surface area (Å²) in [7, 11) is 0. The zero-order valence-corrected chi connectivity index (χ0v) is 16.2. The van der Waals surface area contributed by atoms with Crippen LogP contribution in [0.4, 0.5) is 4.39 Å². The van der Waals surface area contributed by atoms with Crippen molar-refractivity contribution in [3.8, 4) is 0 Å². The quantitative estimate of drug-likeness (QED) is 0.516. The Kier molecular flexibility index (Phi) is 6.44. The molecule has 0 saturated carbocycles. The number of halogens is 2. The van der Waals surface area contributed by atoms with Crippen LogP contribution in [0.25, 0.3) is 11.0 Å². The first-order chi connectivity index (χ1) is 13.5. The number of nitrogens with zero attached hydrogens (tertiary/aromatic N) is 2. The second-order valence-electron chi connectivity index (χ2n) is 6.44. The van der Waals surface area contributed by atoms with Gasteiger partial charge in [-0.3, -0.25) is 4.99 Å². The second-order valence-corrected chi connectivity index (χ2v) is 6.88. The van der Waals surface area contributed by atoms with Crippen molar-refractivity contribution in [2.45, 2.75) is 25.9 Å². The minimum Gasteiger partial charge on any atom is -0.402 e. The number of aromatic nitrogens is 2. The van der Waals surface area contributed by atoms with Crippen LogP contribution in [0.2, 0.25) is 5.02 Å². The Hall–Kier alpha value is -2.70. The van der Waals surface area contributed by atoms with Crippen molar-refractivity contribution in [3.63, 3.8) is 0 Å². The van der Waals surface area contributed by atoms with E-state index in [-0.39, 0.29) is 5.82 Å². The fourth-order valence-electron chi connectivity index (χ4n) is 2.98. The Morgan fingerprint density at radius 3 is 2.86 bits per heavy atom. The molecule has 0 aliphatic rings. The summed E-state index contributed by atoms with van der Waals surface area (Å²) in [5, 5.41) is 12.1. The van der Waals surface area contributed by atoms with Gasteiger partial charge in [-0.2, -0.15) is 0 Å². The first-order valence-corrected chi connectivity index (χ1v) is 9.41. The molecule has 2 aromatic heterocycles. The van der Waals surface area contributed by atoms with E-state index in [9.17, 15) is 9.50 Å². The minimum atomic E-state index is -0.960. The van der Waals surface area contributed by atoms with Gasteiger partial charge in [-0.1, -0.05) is 23.7 Å². The maximum absolute atomic E-state index is 13.0. The van der Waals surface area contributed by atoms with E-state index in [2.05, 4.69) is 15.0 Å². The third-order valence-corrected chi connectivity index (χ3v) is 4.60. The molecule has 146 valence electrons. The second kappa shape index (κ2) is 8.99. The van der Waals surface area contributed by atoms with Gasteiger partial charge < -0.3 is 15.8 Å². The van der Waals surface area contributed by atoms with Crippen molar-refractivity contribution in [2.24, 2.45) is 10.7 Å². The number of aliphatic imine (C=N–C) groups is 1. The minimum absolute atomic E-state index is 0.263. The van der Waals surface area contributed by atoms with E-state index in [1.165, 1.54) is 12.1 Å². The molecule has 0 saturated heterocycles. The Balaban J connectivity index is 1.79. The molecule has 7 heteroatoms. The molecule has 0 aliphatic carbocycles. The van der Waals surface area contributed by atoms with E-state index in [4.69, 9.17) is 17.3 Å². The Morgan fingerprint density at radius 1 is 1.39 bits per heavy atom. The van der Waals surface area contributed by atoms with E-state index in [1.54, 1.807) is 36.7 Å². The fourth-order valence-corrected chi connectivity index (χ4v) is 3.14. The average molecular weight is 401 g/mol. The zero-order valence-electron chi connectivity index (χ0n) is 15.5. The lowest BCUT2D eigenvalue weighted by atomic mass is 10.0. The number of nitrogens with one attached hydrogen (secondary N) is 1. The number of aromatic amines is 1. The highest BCUT2D eigenvalue weighted by Crippen LogP contribution is 2.27. The van der Waals surface area contributed by atoms with Crippen LogP contribution in [0, 0.1) is 5.82 Å². The molecule has 5 nitrogen and oxygen atoms in total. The van der Waals surface area contributed by atoms with Crippen molar-refractivity contribution in [1.82, 2.24) is 9.97 Å². The molecule has 0 spiro atoms. The van der Waals surface area contributed by atoms with Crippen LogP contribution < -0.4 is 5.73 Å². The van der Waals surface area contributed by atoms with Gasteiger partial charge in [-0.05, 0) is 49.6 Å². The number of allylic oxidation sites excluding steroid dienone is 1. The molecular formula is C21H22ClFN4O. The van der Waals surface area contributed by atoms with Crippen molar-refractivity contribution >= 4 is 28.3 Å². The highest BCUT2D eigenvalue weighted by atomic mass is 35.5. The summed E-state index contributed by atoms with van der Waals surface area (Å²) < 4.78 is 13.0. The molecule has 0 aliphatic heterocycles. The lowest BCUT2D eigenvalue weighted by Gasteiger charge is -2.12. The number of H-pyrrole nitrogens is 1. The summed E-state index contributed by atoms with van der Waals surface area (Å²) in [5.41, 5.74) is 9.50. The van der Waals surface area contributed by atoms with E-state index >= 15 is 0 Å². The first-order valence-electron chi connectivity index (χ1n) is 9.03. The number of nitrogens with two attached hydrogens (primary N) is 1. The number of hydrogen-bond acceptors (Lipinski definition) is 4. The van der Waals surface area contributed by atoms with Crippen LogP contribution in [0.5, 0.6) is 0 Å². The van der Waals surface area contributed by atoms with E-state index < -0.39 is 6.10 Å². The van der Waals surface area contributed by atoms with Crippen molar-refractivity contribution < 1.29 is 9.50 Å². The highest BCUT2D eigenvalue weighted by molar-refractivity contribution is 6.31. The lowest BCUT2D eigenvalue weighted by Crippen LogP contribution is -2.13. The summed E-state index contributed by atoms with van der Waals surface area (Å²) in [6.45, 7) is 2.40. The number of fused-ring (bicyclic) bond motifs is 1. The van der Waals surface area contributed by atoms with Gasteiger partial charge in [-0.15, -0.1) is 0 Å². The maximum atomic E-state index is 13.0. The van der Waals surface area contributed by atoms with Crippen LogP contribution in [-0.2, 0) is 6.42 Å². The van der Waals surface area contributed by atoms with Gasteiger partial charge in [0.2, 0.25) is 0 Å². The fraction of sp³-hybridized carbons (Fsp3) is 0.238. The molecule has 0 bridgehead atoms.